The fraction of sp³-hybridized carbons (Fsp3) is 0.786. The Balaban J connectivity index is 2.65. The van der Waals surface area contributed by atoms with Crippen LogP contribution in [0, 0.1) is 5.92 Å². The molecule has 0 bridgehead atoms. The summed E-state index contributed by atoms with van der Waals surface area (Å²) in [6.07, 6.45) is 3.54. The SMILES string of the molecule is C=C=C(OC(C)(C)CC)N1CCC[C@@H](C)C1. The largest absolute Gasteiger partial charge is 0.467 e. The van der Waals surface area contributed by atoms with E-state index in [1.807, 2.05) is 0 Å². The molecule has 1 aliphatic rings. The Hall–Kier alpha value is -0.880. The molecule has 0 aromatic rings. The lowest BCUT2D eigenvalue weighted by molar-refractivity contribution is -0.0213. The van der Waals surface area contributed by atoms with Crippen molar-refractivity contribution in [2.45, 2.75) is 52.6 Å². The number of piperidine rings is 1. The molecule has 1 fully saturated rings. The van der Waals surface area contributed by atoms with Crippen LogP contribution in [-0.2, 0) is 4.74 Å². The van der Waals surface area contributed by atoms with Crippen LogP contribution in [0.2, 0.25) is 0 Å². The van der Waals surface area contributed by atoms with E-state index in [0.29, 0.717) is 0 Å². The number of hydrogen-bond acceptors (Lipinski definition) is 2. The highest BCUT2D eigenvalue weighted by atomic mass is 16.5. The van der Waals surface area contributed by atoms with E-state index < -0.39 is 0 Å². The molecule has 1 saturated heterocycles. The van der Waals surface area contributed by atoms with E-state index in [0.717, 1.165) is 31.3 Å². The molecule has 0 aromatic heterocycles. The van der Waals surface area contributed by atoms with Crippen LogP contribution in [-0.4, -0.2) is 23.6 Å². The van der Waals surface area contributed by atoms with E-state index in [1.54, 1.807) is 0 Å². The van der Waals surface area contributed by atoms with E-state index >= 15 is 0 Å². The molecule has 16 heavy (non-hydrogen) atoms. The van der Waals surface area contributed by atoms with Gasteiger partial charge in [0.15, 0.2) is 0 Å². The van der Waals surface area contributed by atoms with Crippen molar-refractivity contribution in [1.82, 2.24) is 4.90 Å². The molecule has 0 radical (unpaired) electrons. The third-order valence-corrected chi connectivity index (χ3v) is 3.32. The van der Waals surface area contributed by atoms with E-state index in [4.69, 9.17) is 4.74 Å². The summed E-state index contributed by atoms with van der Waals surface area (Å²) >= 11 is 0. The molecule has 2 nitrogen and oxygen atoms in total. The van der Waals surface area contributed by atoms with Gasteiger partial charge in [0.1, 0.15) is 5.60 Å². The minimum Gasteiger partial charge on any atom is -0.467 e. The molecule has 1 atom stereocenters. The summed E-state index contributed by atoms with van der Waals surface area (Å²) in [6.45, 7) is 14.5. The molecule has 0 spiro atoms. The maximum atomic E-state index is 5.99. The smallest absolute Gasteiger partial charge is 0.235 e. The minimum absolute atomic E-state index is 0.124. The average Bonchev–Trinajstić information content (AvgIpc) is 2.26. The number of rotatable bonds is 4. The standard InChI is InChI=1S/C14H25NO/c1-6-13(16-14(4,5)7-2)15-10-8-9-12(3)11-15/h12H,1,7-11H2,2-5H3/t12-/m1/s1. The normalized spacial score (nSPS) is 21.5. The molecule has 0 amide bonds. The van der Waals surface area contributed by atoms with Gasteiger partial charge < -0.3 is 9.64 Å². The first-order chi connectivity index (χ1) is 7.48. The van der Waals surface area contributed by atoms with Gasteiger partial charge in [-0.25, -0.2) is 0 Å². The molecule has 0 aromatic carbocycles. The Morgan fingerprint density at radius 1 is 1.56 bits per heavy atom. The van der Waals surface area contributed by atoms with E-state index in [-0.39, 0.29) is 5.60 Å². The van der Waals surface area contributed by atoms with Crippen molar-refractivity contribution in [1.29, 1.82) is 0 Å². The Kier molecular flexibility index (Phi) is 4.49. The minimum atomic E-state index is -0.124. The Bertz CT molecular complexity index is 276. The molecular formula is C14H25NO. The van der Waals surface area contributed by atoms with Crippen LogP contribution in [0.1, 0.15) is 47.0 Å². The zero-order valence-electron chi connectivity index (χ0n) is 11.2. The van der Waals surface area contributed by atoms with E-state index in [2.05, 4.69) is 44.9 Å². The number of ether oxygens (including phenoxy) is 1. The molecule has 1 heterocycles. The Morgan fingerprint density at radius 3 is 2.75 bits per heavy atom. The lowest BCUT2D eigenvalue weighted by atomic mass is 10.0. The lowest BCUT2D eigenvalue weighted by Gasteiger charge is -2.36. The summed E-state index contributed by atoms with van der Waals surface area (Å²) in [5.41, 5.74) is 2.83. The van der Waals surface area contributed by atoms with Crippen molar-refractivity contribution in [2.75, 3.05) is 13.1 Å². The van der Waals surface area contributed by atoms with Gasteiger partial charge in [-0.2, -0.15) is 0 Å². The second-order valence-corrected chi connectivity index (χ2v) is 5.39. The van der Waals surface area contributed by atoms with Crippen molar-refractivity contribution in [3.63, 3.8) is 0 Å². The molecule has 1 aliphatic heterocycles. The van der Waals surface area contributed by atoms with Gasteiger partial charge in [0, 0.05) is 13.1 Å². The van der Waals surface area contributed by atoms with Crippen molar-refractivity contribution >= 4 is 0 Å². The average molecular weight is 223 g/mol. The number of hydrogen-bond donors (Lipinski definition) is 0. The molecule has 92 valence electrons. The predicted molar refractivity (Wildman–Crippen MR) is 68.1 cm³/mol. The van der Waals surface area contributed by atoms with Gasteiger partial charge in [0.25, 0.3) is 0 Å². The summed E-state index contributed by atoms with van der Waals surface area (Å²) in [5.74, 6) is 1.57. The highest BCUT2D eigenvalue weighted by Gasteiger charge is 2.24. The van der Waals surface area contributed by atoms with Crippen molar-refractivity contribution in [3.05, 3.63) is 18.2 Å². The van der Waals surface area contributed by atoms with Crippen LogP contribution in [0.25, 0.3) is 0 Å². The van der Waals surface area contributed by atoms with Crippen LogP contribution >= 0.6 is 0 Å². The molecule has 1 rings (SSSR count). The van der Waals surface area contributed by atoms with E-state index in [9.17, 15) is 0 Å². The molecular weight excluding hydrogens is 198 g/mol. The molecule has 2 heteroatoms. The topological polar surface area (TPSA) is 12.5 Å². The second kappa shape index (κ2) is 5.45. The summed E-state index contributed by atoms with van der Waals surface area (Å²) in [6, 6.07) is 0. The van der Waals surface area contributed by atoms with Crippen LogP contribution in [0.4, 0.5) is 0 Å². The van der Waals surface area contributed by atoms with Crippen molar-refractivity contribution < 1.29 is 4.74 Å². The quantitative estimate of drug-likeness (QED) is 0.534. The first-order valence-electron chi connectivity index (χ1n) is 6.32. The summed E-state index contributed by atoms with van der Waals surface area (Å²) in [4.78, 5) is 2.28. The Morgan fingerprint density at radius 2 is 2.25 bits per heavy atom. The number of likely N-dealkylation sites (tertiary alicyclic amines) is 1. The molecule has 0 saturated carbocycles. The van der Waals surface area contributed by atoms with Crippen LogP contribution in [0.3, 0.4) is 0 Å². The van der Waals surface area contributed by atoms with Crippen LogP contribution in [0.5, 0.6) is 0 Å². The molecule has 0 N–H and O–H groups in total. The summed E-state index contributed by atoms with van der Waals surface area (Å²) < 4.78 is 5.99. The Labute approximate surface area is 100.0 Å². The zero-order valence-corrected chi connectivity index (χ0v) is 11.2. The van der Waals surface area contributed by atoms with E-state index in [1.165, 1.54) is 12.8 Å². The first kappa shape index (κ1) is 13.2. The van der Waals surface area contributed by atoms with Gasteiger partial charge in [0.05, 0.1) is 0 Å². The van der Waals surface area contributed by atoms with Gasteiger partial charge in [-0.15, -0.1) is 0 Å². The molecule has 0 aliphatic carbocycles. The fourth-order valence-electron chi connectivity index (χ4n) is 1.92. The van der Waals surface area contributed by atoms with Crippen molar-refractivity contribution in [2.24, 2.45) is 5.92 Å². The van der Waals surface area contributed by atoms with Crippen molar-refractivity contribution in [3.8, 4) is 0 Å². The van der Waals surface area contributed by atoms with Gasteiger partial charge >= 0.3 is 0 Å². The highest BCUT2D eigenvalue weighted by Crippen LogP contribution is 2.24. The van der Waals surface area contributed by atoms with Crippen LogP contribution < -0.4 is 0 Å². The lowest BCUT2D eigenvalue weighted by Crippen LogP contribution is -2.37. The third-order valence-electron chi connectivity index (χ3n) is 3.32. The van der Waals surface area contributed by atoms with Gasteiger partial charge in [-0.05, 0) is 39.0 Å². The highest BCUT2D eigenvalue weighted by molar-refractivity contribution is 4.94. The molecule has 0 unspecified atom stereocenters. The first-order valence-corrected chi connectivity index (χ1v) is 6.32. The van der Waals surface area contributed by atoms with Gasteiger partial charge in [-0.3, -0.25) is 0 Å². The maximum Gasteiger partial charge on any atom is 0.235 e. The van der Waals surface area contributed by atoms with Gasteiger partial charge in [-0.1, -0.05) is 26.2 Å². The zero-order chi connectivity index (χ0) is 12.2. The van der Waals surface area contributed by atoms with Crippen LogP contribution in [0.15, 0.2) is 18.2 Å². The summed E-state index contributed by atoms with van der Waals surface area (Å²) in [5, 5.41) is 0. The summed E-state index contributed by atoms with van der Waals surface area (Å²) in [7, 11) is 0. The monoisotopic (exact) mass is 223 g/mol. The fourth-order valence-corrected chi connectivity index (χ4v) is 1.92. The predicted octanol–water partition coefficient (Wildman–Crippen LogP) is 3.55. The second-order valence-electron chi connectivity index (χ2n) is 5.39. The number of nitrogens with zero attached hydrogens (tertiary/aromatic N) is 1. The maximum absolute atomic E-state index is 5.99. The third kappa shape index (κ3) is 3.61. The van der Waals surface area contributed by atoms with Gasteiger partial charge in [0.2, 0.25) is 5.88 Å².